The fourth-order valence-electron chi connectivity index (χ4n) is 2.38. The van der Waals surface area contributed by atoms with Crippen molar-refractivity contribution in [2.45, 2.75) is 4.21 Å². The Hall–Kier alpha value is -2.41. The van der Waals surface area contributed by atoms with Gasteiger partial charge in [0, 0.05) is 15.0 Å². The molecule has 0 fully saturated rings. The lowest BCUT2D eigenvalue weighted by Crippen LogP contribution is -2.21. The van der Waals surface area contributed by atoms with Gasteiger partial charge in [-0.1, -0.05) is 22.0 Å². The van der Waals surface area contributed by atoms with Crippen molar-refractivity contribution in [2.24, 2.45) is 0 Å². The number of amides is 1. The number of anilines is 2. The van der Waals surface area contributed by atoms with Gasteiger partial charge in [-0.15, -0.1) is 11.3 Å². The van der Waals surface area contributed by atoms with Gasteiger partial charge in [-0.05, 0) is 57.7 Å². The van der Waals surface area contributed by atoms with E-state index in [4.69, 9.17) is 4.74 Å². The normalized spacial score (nSPS) is 11.0. The molecule has 31 heavy (non-hydrogen) atoms. The molecule has 3 N–H and O–H groups in total. The summed E-state index contributed by atoms with van der Waals surface area (Å²) < 4.78 is 33.3. The molecule has 0 atom stereocenters. The minimum atomic E-state index is -3.80. The Morgan fingerprint density at radius 1 is 1.10 bits per heavy atom. The lowest BCUT2D eigenvalue weighted by atomic mass is 10.2. The van der Waals surface area contributed by atoms with Crippen LogP contribution < -0.4 is 10.0 Å². The molecular formula is C19H14Br2N2O6S2. The number of ether oxygens (including phenoxy) is 1. The molecule has 0 radical (unpaired) electrons. The largest absolute Gasteiger partial charge is 0.507 e. The van der Waals surface area contributed by atoms with Crippen LogP contribution in [0.3, 0.4) is 0 Å². The Kier molecular flexibility index (Phi) is 7.36. The van der Waals surface area contributed by atoms with Crippen LogP contribution in [0.5, 0.6) is 5.75 Å². The van der Waals surface area contributed by atoms with Crippen molar-refractivity contribution in [3.8, 4) is 5.75 Å². The Bertz CT molecular complexity index is 1230. The third-order valence-corrected chi connectivity index (χ3v) is 7.70. The quantitative estimate of drug-likeness (QED) is 0.347. The van der Waals surface area contributed by atoms with Crippen molar-refractivity contribution in [1.82, 2.24) is 0 Å². The number of rotatable bonds is 7. The van der Waals surface area contributed by atoms with Gasteiger partial charge in [0.2, 0.25) is 0 Å². The lowest BCUT2D eigenvalue weighted by molar-refractivity contribution is -0.119. The maximum Gasteiger partial charge on any atom is 0.342 e. The van der Waals surface area contributed by atoms with Crippen molar-refractivity contribution >= 4 is 76.5 Å². The average molecular weight is 590 g/mol. The van der Waals surface area contributed by atoms with Crippen LogP contribution in [0, 0.1) is 0 Å². The molecule has 0 saturated heterocycles. The van der Waals surface area contributed by atoms with Gasteiger partial charge in [0.15, 0.2) is 6.61 Å². The molecule has 0 aliphatic rings. The van der Waals surface area contributed by atoms with Crippen LogP contribution in [0.15, 0.2) is 67.1 Å². The van der Waals surface area contributed by atoms with Crippen LogP contribution in [0.2, 0.25) is 0 Å². The summed E-state index contributed by atoms with van der Waals surface area (Å²) in [5.74, 6) is -2.00. The summed E-state index contributed by atoms with van der Waals surface area (Å²) in [7, 11) is -3.80. The average Bonchev–Trinajstić information content (AvgIpc) is 3.24. The summed E-state index contributed by atoms with van der Waals surface area (Å²) in [6, 6.07) is 11.8. The molecule has 162 valence electrons. The standard InChI is InChI=1S/C19H14Br2N2O6S2/c20-11-3-6-15(14(21)8-11)22-17(25)10-29-19(26)13-5-4-12(9-16(13)24)23-31(27,28)18-2-1-7-30-18/h1-9,23-24H,10H2,(H,22,25). The van der Waals surface area contributed by atoms with E-state index in [1.54, 1.807) is 29.6 Å². The number of halogens is 2. The third-order valence-electron chi connectivity index (χ3n) is 3.77. The number of aromatic hydroxyl groups is 1. The highest BCUT2D eigenvalue weighted by molar-refractivity contribution is 9.11. The Morgan fingerprint density at radius 2 is 1.87 bits per heavy atom. The van der Waals surface area contributed by atoms with Gasteiger partial charge >= 0.3 is 5.97 Å². The smallest absolute Gasteiger partial charge is 0.342 e. The molecular weight excluding hydrogens is 576 g/mol. The van der Waals surface area contributed by atoms with E-state index >= 15 is 0 Å². The molecule has 3 rings (SSSR count). The van der Waals surface area contributed by atoms with Crippen molar-refractivity contribution in [1.29, 1.82) is 0 Å². The fraction of sp³-hybridized carbons (Fsp3) is 0.0526. The monoisotopic (exact) mass is 588 g/mol. The number of carbonyl (C=O) groups is 2. The van der Waals surface area contributed by atoms with Gasteiger partial charge in [0.1, 0.15) is 15.5 Å². The van der Waals surface area contributed by atoms with E-state index < -0.39 is 34.3 Å². The maximum atomic E-state index is 12.2. The van der Waals surface area contributed by atoms with Gasteiger partial charge < -0.3 is 15.2 Å². The SMILES string of the molecule is O=C(COC(=O)c1ccc(NS(=O)(=O)c2cccs2)cc1O)Nc1ccc(Br)cc1Br. The molecule has 0 aliphatic carbocycles. The van der Waals surface area contributed by atoms with E-state index in [0.29, 0.717) is 10.2 Å². The molecule has 0 saturated carbocycles. The molecule has 1 heterocycles. The van der Waals surface area contributed by atoms with E-state index in [2.05, 4.69) is 41.9 Å². The molecule has 0 aliphatic heterocycles. The molecule has 0 spiro atoms. The first-order valence-electron chi connectivity index (χ1n) is 8.47. The van der Waals surface area contributed by atoms with Gasteiger partial charge in [0.05, 0.1) is 11.4 Å². The summed E-state index contributed by atoms with van der Waals surface area (Å²) in [6.07, 6.45) is 0. The molecule has 1 aromatic heterocycles. The molecule has 8 nitrogen and oxygen atoms in total. The number of thiophene rings is 1. The molecule has 1 amide bonds. The zero-order valence-corrected chi connectivity index (χ0v) is 20.3. The lowest BCUT2D eigenvalue weighted by Gasteiger charge is -2.10. The highest BCUT2D eigenvalue weighted by atomic mass is 79.9. The topological polar surface area (TPSA) is 122 Å². The summed E-state index contributed by atoms with van der Waals surface area (Å²) in [6.45, 7) is -0.576. The number of esters is 1. The van der Waals surface area contributed by atoms with Crippen molar-refractivity contribution in [2.75, 3.05) is 16.6 Å². The molecule has 12 heteroatoms. The zero-order valence-electron chi connectivity index (χ0n) is 15.5. The molecule has 0 unspecified atom stereocenters. The van der Waals surface area contributed by atoms with E-state index in [1.165, 1.54) is 18.2 Å². The first-order valence-corrected chi connectivity index (χ1v) is 12.4. The van der Waals surface area contributed by atoms with Gasteiger partial charge in [-0.25, -0.2) is 13.2 Å². The second-order valence-corrected chi connectivity index (χ2v) is 10.6. The number of phenolic OH excluding ortho intramolecular Hbond substituents is 1. The Morgan fingerprint density at radius 3 is 2.52 bits per heavy atom. The van der Waals surface area contributed by atoms with E-state index in [-0.39, 0.29) is 15.5 Å². The van der Waals surface area contributed by atoms with Gasteiger partial charge in [-0.2, -0.15) is 0 Å². The van der Waals surface area contributed by atoms with E-state index in [0.717, 1.165) is 21.9 Å². The summed E-state index contributed by atoms with van der Waals surface area (Å²) in [5, 5.41) is 14.3. The summed E-state index contributed by atoms with van der Waals surface area (Å²) in [5.41, 5.74) is 0.353. The second kappa shape index (κ2) is 9.81. The first kappa shape index (κ1) is 23.3. The number of nitrogens with one attached hydrogen (secondary N) is 2. The third kappa shape index (κ3) is 6.06. The molecule has 3 aromatic rings. The number of sulfonamides is 1. The highest BCUT2D eigenvalue weighted by Crippen LogP contribution is 2.27. The predicted octanol–water partition coefficient (Wildman–Crippen LogP) is 4.58. The van der Waals surface area contributed by atoms with Crippen LogP contribution in [0.4, 0.5) is 11.4 Å². The van der Waals surface area contributed by atoms with Crippen LogP contribution in [0.1, 0.15) is 10.4 Å². The molecule has 2 aromatic carbocycles. The summed E-state index contributed by atoms with van der Waals surface area (Å²) >= 11 is 7.65. The van der Waals surface area contributed by atoms with E-state index in [9.17, 15) is 23.1 Å². The van der Waals surface area contributed by atoms with Crippen LogP contribution >= 0.6 is 43.2 Å². The van der Waals surface area contributed by atoms with Crippen LogP contribution in [0.25, 0.3) is 0 Å². The maximum absolute atomic E-state index is 12.2. The fourth-order valence-corrected chi connectivity index (χ4v) is 5.56. The minimum Gasteiger partial charge on any atom is -0.507 e. The van der Waals surface area contributed by atoms with Crippen LogP contribution in [-0.4, -0.2) is 32.0 Å². The number of phenols is 1. The highest BCUT2D eigenvalue weighted by Gasteiger charge is 2.19. The molecule has 0 bridgehead atoms. The minimum absolute atomic E-state index is 0.0697. The number of hydrogen-bond donors (Lipinski definition) is 3. The van der Waals surface area contributed by atoms with Crippen molar-refractivity contribution in [3.63, 3.8) is 0 Å². The number of carbonyl (C=O) groups excluding carboxylic acids is 2. The van der Waals surface area contributed by atoms with Crippen LogP contribution in [-0.2, 0) is 19.6 Å². The van der Waals surface area contributed by atoms with E-state index in [1.807, 2.05) is 0 Å². The zero-order chi connectivity index (χ0) is 22.6. The Labute approximate surface area is 198 Å². The second-order valence-electron chi connectivity index (χ2n) is 6.02. The number of benzene rings is 2. The van der Waals surface area contributed by atoms with Crippen molar-refractivity contribution in [3.05, 3.63) is 68.4 Å². The summed E-state index contributed by atoms with van der Waals surface area (Å²) in [4.78, 5) is 24.2. The van der Waals surface area contributed by atoms with Gasteiger partial charge in [0.25, 0.3) is 15.9 Å². The van der Waals surface area contributed by atoms with Gasteiger partial charge in [-0.3, -0.25) is 9.52 Å². The number of hydrogen-bond acceptors (Lipinski definition) is 7. The Balaban J connectivity index is 1.61. The van der Waals surface area contributed by atoms with Crippen molar-refractivity contribution < 1.29 is 27.9 Å². The first-order chi connectivity index (χ1) is 14.7. The predicted molar refractivity (Wildman–Crippen MR) is 124 cm³/mol.